The maximum atomic E-state index is 12.1. The number of imidazole rings is 1. The lowest BCUT2D eigenvalue weighted by Crippen LogP contribution is -2.30. The second-order valence-corrected chi connectivity index (χ2v) is 7.51. The van der Waals surface area contributed by atoms with Crippen molar-refractivity contribution in [1.29, 1.82) is 0 Å². The van der Waals surface area contributed by atoms with E-state index in [1.807, 2.05) is 0 Å². The van der Waals surface area contributed by atoms with Gasteiger partial charge in [-0.2, -0.15) is 0 Å². The molecule has 0 spiro atoms. The van der Waals surface area contributed by atoms with Crippen LogP contribution in [-0.2, 0) is 17.1 Å². The van der Waals surface area contributed by atoms with Gasteiger partial charge in [0.1, 0.15) is 5.82 Å². The van der Waals surface area contributed by atoms with Crippen LogP contribution in [0.15, 0.2) is 11.2 Å². The van der Waals surface area contributed by atoms with Gasteiger partial charge in [-0.1, -0.05) is 15.9 Å². The Morgan fingerprint density at radius 1 is 1.56 bits per heavy atom. The average molecular weight is 336 g/mol. The molecule has 0 bridgehead atoms. The van der Waals surface area contributed by atoms with E-state index < -0.39 is 10.0 Å². The minimum Gasteiger partial charge on any atom is -0.337 e. The largest absolute Gasteiger partial charge is 0.337 e. The molecule has 5 nitrogen and oxygen atoms in total. The Kier molecular flexibility index (Phi) is 3.85. The number of aromatic nitrogens is 2. The number of nitrogens with zero attached hydrogens (tertiary/aromatic N) is 2. The van der Waals surface area contributed by atoms with E-state index in [1.54, 1.807) is 24.7 Å². The molecule has 1 fully saturated rings. The van der Waals surface area contributed by atoms with E-state index in [0.29, 0.717) is 12.4 Å². The first-order chi connectivity index (χ1) is 8.38. The van der Waals surface area contributed by atoms with Gasteiger partial charge in [-0.05, 0) is 31.6 Å². The lowest BCUT2D eigenvalue weighted by atomic mass is 10.1. The molecule has 1 aromatic rings. The summed E-state index contributed by atoms with van der Waals surface area (Å²) in [6, 6.07) is 0. The Bertz CT molecular complexity index is 515. The fourth-order valence-electron chi connectivity index (χ4n) is 1.87. The molecule has 0 amide bonds. The van der Waals surface area contributed by atoms with Crippen LogP contribution in [0.5, 0.6) is 0 Å². The van der Waals surface area contributed by atoms with Crippen LogP contribution < -0.4 is 4.72 Å². The molecule has 1 aliphatic rings. The molecule has 0 atom stereocenters. The number of halogens is 1. The maximum absolute atomic E-state index is 12.1. The lowest BCUT2D eigenvalue weighted by molar-refractivity contribution is 0.479. The third-order valence-corrected chi connectivity index (χ3v) is 5.25. The van der Waals surface area contributed by atoms with E-state index in [2.05, 4.69) is 25.6 Å². The normalized spacial score (nSPS) is 17.9. The average Bonchev–Trinajstić information content (AvgIpc) is 2.98. The van der Waals surface area contributed by atoms with E-state index in [-0.39, 0.29) is 10.4 Å². The summed E-state index contributed by atoms with van der Waals surface area (Å²) in [7, 11) is -1.68. The van der Waals surface area contributed by atoms with Crippen LogP contribution >= 0.6 is 15.9 Å². The van der Waals surface area contributed by atoms with Crippen molar-refractivity contribution in [2.24, 2.45) is 12.5 Å². The van der Waals surface area contributed by atoms with Crippen molar-refractivity contribution in [1.82, 2.24) is 14.3 Å². The van der Waals surface area contributed by atoms with Gasteiger partial charge in [0.25, 0.3) is 10.0 Å². The zero-order chi connectivity index (χ0) is 13.4. The van der Waals surface area contributed by atoms with Gasteiger partial charge >= 0.3 is 0 Å². The molecule has 2 rings (SSSR count). The molecule has 0 radical (unpaired) electrons. The van der Waals surface area contributed by atoms with Gasteiger partial charge < -0.3 is 4.57 Å². The molecule has 1 N–H and O–H groups in total. The quantitative estimate of drug-likeness (QED) is 0.802. The molecule has 1 aromatic heterocycles. The van der Waals surface area contributed by atoms with E-state index >= 15 is 0 Å². The number of hydrogen-bond donors (Lipinski definition) is 1. The van der Waals surface area contributed by atoms with Gasteiger partial charge in [0.15, 0.2) is 5.03 Å². The highest BCUT2D eigenvalue weighted by Gasteiger charge is 2.42. The zero-order valence-electron chi connectivity index (χ0n) is 10.6. The molecule has 1 saturated carbocycles. The van der Waals surface area contributed by atoms with Crippen LogP contribution in [0.3, 0.4) is 0 Å². The Morgan fingerprint density at radius 2 is 2.22 bits per heavy atom. The Morgan fingerprint density at radius 3 is 2.67 bits per heavy atom. The SMILES string of the molecule is Cc1nc(S(=O)(=O)NCC2(CCBr)CC2)cn1C. The van der Waals surface area contributed by atoms with Crippen LogP contribution in [0.2, 0.25) is 0 Å². The number of hydrogen-bond acceptors (Lipinski definition) is 3. The molecule has 18 heavy (non-hydrogen) atoms. The van der Waals surface area contributed by atoms with Crippen LogP contribution in [0, 0.1) is 12.3 Å². The predicted molar refractivity (Wildman–Crippen MR) is 73.2 cm³/mol. The first-order valence-corrected chi connectivity index (χ1v) is 8.55. The molecular formula is C11H18BrN3O2S. The topological polar surface area (TPSA) is 64.0 Å². The van der Waals surface area contributed by atoms with Crippen LogP contribution in [0.25, 0.3) is 0 Å². The molecule has 0 aromatic carbocycles. The molecule has 0 aliphatic heterocycles. The smallest absolute Gasteiger partial charge is 0.259 e. The summed E-state index contributed by atoms with van der Waals surface area (Å²) >= 11 is 3.41. The van der Waals surface area contributed by atoms with Gasteiger partial charge in [-0.15, -0.1) is 0 Å². The number of sulfonamides is 1. The van der Waals surface area contributed by atoms with E-state index in [4.69, 9.17) is 0 Å². The summed E-state index contributed by atoms with van der Waals surface area (Å²) in [6.07, 6.45) is 4.75. The fourth-order valence-corrected chi connectivity index (χ4v) is 3.90. The molecule has 0 unspecified atom stereocenters. The lowest BCUT2D eigenvalue weighted by Gasteiger charge is -2.13. The van der Waals surface area contributed by atoms with Crippen molar-refractivity contribution in [3.63, 3.8) is 0 Å². The molecule has 1 aliphatic carbocycles. The molecule has 0 saturated heterocycles. The Hall–Kier alpha value is -0.400. The minimum atomic E-state index is -3.47. The van der Waals surface area contributed by atoms with Crippen molar-refractivity contribution in [3.8, 4) is 0 Å². The van der Waals surface area contributed by atoms with E-state index in [0.717, 1.165) is 24.6 Å². The third-order valence-electron chi connectivity index (χ3n) is 3.58. The number of rotatable bonds is 6. The molecule has 102 valence electrons. The highest BCUT2D eigenvalue weighted by atomic mass is 79.9. The maximum Gasteiger partial charge on any atom is 0.259 e. The number of aryl methyl sites for hydroxylation is 2. The second-order valence-electron chi connectivity index (χ2n) is 5.00. The first kappa shape index (κ1) is 14.0. The Balaban J connectivity index is 2.04. The van der Waals surface area contributed by atoms with Gasteiger partial charge in [0, 0.05) is 25.1 Å². The predicted octanol–water partition coefficient (Wildman–Crippen LogP) is 1.57. The van der Waals surface area contributed by atoms with E-state index in [1.165, 1.54) is 0 Å². The summed E-state index contributed by atoms with van der Waals surface area (Å²) in [5, 5.41) is 1.02. The van der Waals surface area contributed by atoms with Crippen molar-refractivity contribution >= 4 is 26.0 Å². The summed E-state index contributed by atoms with van der Waals surface area (Å²) in [5.74, 6) is 0.692. The van der Waals surface area contributed by atoms with Crippen LogP contribution in [0.1, 0.15) is 25.1 Å². The van der Waals surface area contributed by atoms with Gasteiger partial charge in [0.2, 0.25) is 0 Å². The van der Waals surface area contributed by atoms with Crippen LogP contribution in [0.4, 0.5) is 0 Å². The van der Waals surface area contributed by atoms with Crippen molar-refractivity contribution in [2.45, 2.75) is 31.2 Å². The van der Waals surface area contributed by atoms with Gasteiger partial charge in [-0.3, -0.25) is 0 Å². The zero-order valence-corrected chi connectivity index (χ0v) is 13.0. The van der Waals surface area contributed by atoms with Crippen LogP contribution in [-0.4, -0.2) is 29.8 Å². The van der Waals surface area contributed by atoms with Gasteiger partial charge in [0.05, 0.1) is 0 Å². The third kappa shape index (κ3) is 2.95. The van der Waals surface area contributed by atoms with Crippen molar-refractivity contribution in [3.05, 3.63) is 12.0 Å². The number of nitrogens with one attached hydrogen (secondary N) is 1. The fraction of sp³-hybridized carbons (Fsp3) is 0.727. The highest BCUT2D eigenvalue weighted by Crippen LogP contribution is 2.48. The first-order valence-electron chi connectivity index (χ1n) is 5.94. The molecular weight excluding hydrogens is 318 g/mol. The summed E-state index contributed by atoms with van der Waals surface area (Å²) in [4.78, 5) is 4.05. The summed E-state index contributed by atoms with van der Waals surface area (Å²) in [6.45, 7) is 2.29. The minimum absolute atomic E-state index is 0.108. The Labute approximate surface area is 116 Å². The highest BCUT2D eigenvalue weighted by molar-refractivity contribution is 9.09. The van der Waals surface area contributed by atoms with Gasteiger partial charge in [-0.25, -0.2) is 18.1 Å². The van der Waals surface area contributed by atoms with Crippen molar-refractivity contribution < 1.29 is 8.42 Å². The standard InChI is InChI=1S/C11H18BrN3O2S/c1-9-14-10(7-15(9)2)18(16,17)13-8-11(3-4-11)5-6-12/h7,13H,3-6,8H2,1-2H3. The molecule has 1 heterocycles. The summed E-state index contributed by atoms with van der Waals surface area (Å²) in [5.41, 5.74) is 0.167. The van der Waals surface area contributed by atoms with E-state index in [9.17, 15) is 8.42 Å². The monoisotopic (exact) mass is 335 g/mol. The molecule has 7 heteroatoms. The second kappa shape index (κ2) is 4.94. The summed E-state index contributed by atoms with van der Waals surface area (Å²) < 4.78 is 28.5. The van der Waals surface area contributed by atoms with Crippen molar-refractivity contribution in [2.75, 3.05) is 11.9 Å². The number of alkyl halides is 1.